The SMILES string of the molecule is CNc1cc(N2CCC[C@@H]2CN[C@H](C)c2nc(C3CC3)no2)ncn1. The zero-order valence-corrected chi connectivity index (χ0v) is 14.8. The fraction of sp³-hybridized carbons (Fsp3) is 0.647. The van der Waals surface area contributed by atoms with Gasteiger partial charge in [-0.15, -0.1) is 0 Å². The van der Waals surface area contributed by atoms with Crippen LogP contribution in [0.15, 0.2) is 16.9 Å². The third kappa shape index (κ3) is 3.58. The maximum atomic E-state index is 5.42. The van der Waals surface area contributed by atoms with Crippen molar-refractivity contribution in [3.63, 3.8) is 0 Å². The second kappa shape index (κ2) is 6.95. The summed E-state index contributed by atoms with van der Waals surface area (Å²) < 4.78 is 5.42. The molecule has 1 aliphatic carbocycles. The molecular formula is C17H25N7O. The number of hydrogen-bond donors (Lipinski definition) is 2. The van der Waals surface area contributed by atoms with E-state index in [1.54, 1.807) is 6.33 Å². The summed E-state index contributed by atoms with van der Waals surface area (Å²) in [6, 6.07) is 2.47. The average molecular weight is 343 g/mol. The highest BCUT2D eigenvalue weighted by molar-refractivity contribution is 5.49. The molecule has 0 amide bonds. The number of aromatic nitrogens is 4. The number of hydrogen-bond acceptors (Lipinski definition) is 8. The van der Waals surface area contributed by atoms with Crippen LogP contribution in [0.25, 0.3) is 0 Å². The normalized spacial score (nSPS) is 21.5. The fourth-order valence-corrected chi connectivity index (χ4v) is 3.32. The van der Waals surface area contributed by atoms with Crippen LogP contribution in [0.1, 0.15) is 56.3 Å². The van der Waals surface area contributed by atoms with E-state index in [4.69, 9.17) is 4.52 Å². The van der Waals surface area contributed by atoms with Crippen molar-refractivity contribution in [1.29, 1.82) is 0 Å². The highest BCUT2D eigenvalue weighted by Crippen LogP contribution is 2.38. The Balaban J connectivity index is 1.37. The molecule has 2 atom stereocenters. The van der Waals surface area contributed by atoms with Gasteiger partial charge in [0.05, 0.1) is 6.04 Å². The Bertz CT molecular complexity index is 715. The minimum Gasteiger partial charge on any atom is -0.373 e. The highest BCUT2D eigenvalue weighted by Gasteiger charge is 2.30. The number of nitrogens with zero attached hydrogens (tertiary/aromatic N) is 5. The fourth-order valence-electron chi connectivity index (χ4n) is 3.32. The zero-order valence-electron chi connectivity index (χ0n) is 14.8. The molecule has 1 saturated carbocycles. The molecule has 2 fully saturated rings. The summed E-state index contributed by atoms with van der Waals surface area (Å²) in [6.45, 7) is 3.96. The van der Waals surface area contributed by atoms with Crippen LogP contribution in [0.5, 0.6) is 0 Å². The molecule has 2 aromatic rings. The minimum absolute atomic E-state index is 0.0562. The van der Waals surface area contributed by atoms with E-state index in [1.807, 2.05) is 13.1 Å². The first kappa shape index (κ1) is 16.3. The molecule has 2 aliphatic rings. The molecule has 0 radical (unpaired) electrons. The van der Waals surface area contributed by atoms with Gasteiger partial charge in [-0.2, -0.15) is 4.98 Å². The molecule has 0 aromatic carbocycles. The van der Waals surface area contributed by atoms with Crippen LogP contribution >= 0.6 is 0 Å². The van der Waals surface area contributed by atoms with Crippen molar-refractivity contribution >= 4 is 11.6 Å². The van der Waals surface area contributed by atoms with Gasteiger partial charge in [-0.25, -0.2) is 9.97 Å². The van der Waals surface area contributed by atoms with Crippen molar-refractivity contribution < 1.29 is 4.52 Å². The highest BCUT2D eigenvalue weighted by atomic mass is 16.5. The van der Waals surface area contributed by atoms with E-state index in [-0.39, 0.29) is 6.04 Å². The van der Waals surface area contributed by atoms with Gasteiger partial charge in [-0.3, -0.25) is 0 Å². The molecule has 134 valence electrons. The van der Waals surface area contributed by atoms with E-state index in [1.165, 1.54) is 19.3 Å². The van der Waals surface area contributed by atoms with Crippen molar-refractivity contribution in [2.45, 2.75) is 50.6 Å². The molecule has 0 bridgehead atoms. The molecule has 1 saturated heterocycles. The van der Waals surface area contributed by atoms with Crippen LogP contribution in [-0.4, -0.2) is 46.3 Å². The summed E-state index contributed by atoms with van der Waals surface area (Å²) in [7, 11) is 1.87. The lowest BCUT2D eigenvalue weighted by Gasteiger charge is -2.27. The maximum absolute atomic E-state index is 5.42. The van der Waals surface area contributed by atoms with Crippen LogP contribution in [0, 0.1) is 0 Å². The monoisotopic (exact) mass is 343 g/mol. The molecule has 8 heteroatoms. The number of anilines is 2. The molecule has 3 heterocycles. The zero-order chi connectivity index (χ0) is 17.2. The Labute approximate surface area is 147 Å². The van der Waals surface area contributed by atoms with Gasteiger partial charge < -0.3 is 20.1 Å². The molecule has 0 unspecified atom stereocenters. The van der Waals surface area contributed by atoms with E-state index >= 15 is 0 Å². The van der Waals surface area contributed by atoms with Crippen molar-refractivity contribution in [1.82, 2.24) is 25.4 Å². The van der Waals surface area contributed by atoms with Crippen molar-refractivity contribution in [3.05, 3.63) is 24.1 Å². The van der Waals surface area contributed by atoms with Crippen molar-refractivity contribution in [2.24, 2.45) is 0 Å². The Morgan fingerprint density at radius 1 is 1.32 bits per heavy atom. The lowest BCUT2D eigenvalue weighted by Crippen LogP contribution is -2.39. The van der Waals surface area contributed by atoms with Crippen LogP contribution in [0.3, 0.4) is 0 Å². The third-order valence-electron chi connectivity index (χ3n) is 5.01. The van der Waals surface area contributed by atoms with Gasteiger partial charge in [-0.1, -0.05) is 5.16 Å². The number of nitrogens with one attached hydrogen (secondary N) is 2. The lowest BCUT2D eigenvalue weighted by molar-refractivity contribution is 0.333. The Kier molecular flexibility index (Phi) is 4.52. The molecular weight excluding hydrogens is 318 g/mol. The first-order valence-corrected chi connectivity index (χ1v) is 9.08. The summed E-state index contributed by atoms with van der Waals surface area (Å²) in [5.41, 5.74) is 0. The molecule has 8 nitrogen and oxygen atoms in total. The largest absolute Gasteiger partial charge is 0.373 e. The first-order valence-electron chi connectivity index (χ1n) is 9.08. The smallest absolute Gasteiger partial charge is 0.243 e. The van der Waals surface area contributed by atoms with E-state index in [2.05, 4.69) is 42.6 Å². The molecule has 4 rings (SSSR count). The topological polar surface area (TPSA) is 92.0 Å². The maximum Gasteiger partial charge on any atom is 0.243 e. The second-order valence-electron chi connectivity index (χ2n) is 6.90. The summed E-state index contributed by atoms with van der Waals surface area (Å²) >= 11 is 0. The average Bonchev–Trinajstić information content (AvgIpc) is 3.19. The predicted molar refractivity (Wildman–Crippen MR) is 94.6 cm³/mol. The van der Waals surface area contributed by atoms with E-state index < -0.39 is 0 Å². The van der Waals surface area contributed by atoms with Crippen molar-refractivity contribution in [2.75, 3.05) is 30.4 Å². The standard InChI is InChI=1S/C17H25N7O/c1-11(17-22-16(23-25-17)12-5-6-12)19-9-13-4-3-7-24(13)15-8-14(18-2)20-10-21-15/h8,10-13,19H,3-7,9H2,1-2H3,(H,18,20,21)/t11-,13-/m1/s1. The van der Waals surface area contributed by atoms with E-state index in [0.717, 1.165) is 37.0 Å². The van der Waals surface area contributed by atoms with Gasteiger partial charge >= 0.3 is 0 Å². The van der Waals surface area contributed by atoms with Gasteiger partial charge in [0, 0.05) is 38.2 Å². The summed E-state index contributed by atoms with van der Waals surface area (Å²) in [5.74, 6) is 3.90. The Morgan fingerprint density at radius 2 is 2.20 bits per heavy atom. The first-order chi connectivity index (χ1) is 12.2. The van der Waals surface area contributed by atoms with Crippen LogP contribution < -0.4 is 15.5 Å². The molecule has 25 heavy (non-hydrogen) atoms. The van der Waals surface area contributed by atoms with E-state index in [0.29, 0.717) is 17.9 Å². The molecule has 0 spiro atoms. The Morgan fingerprint density at radius 3 is 3.00 bits per heavy atom. The van der Waals surface area contributed by atoms with E-state index in [9.17, 15) is 0 Å². The van der Waals surface area contributed by atoms with Gasteiger partial charge in [0.25, 0.3) is 0 Å². The van der Waals surface area contributed by atoms with Crippen molar-refractivity contribution in [3.8, 4) is 0 Å². The van der Waals surface area contributed by atoms with Gasteiger partial charge in [-0.05, 0) is 32.6 Å². The van der Waals surface area contributed by atoms with Gasteiger partial charge in [0.2, 0.25) is 5.89 Å². The van der Waals surface area contributed by atoms with Gasteiger partial charge in [0.1, 0.15) is 18.0 Å². The van der Waals surface area contributed by atoms with Gasteiger partial charge in [0.15, 0.2) is 5.82 Å². The molecule has 1 aliphatic heterocycles. The summed E-state index contributed by atoms with van der Waals surface area (Å²) in [5, 5.41) is 10.7. The van der Waals surface area contributed by atoms with Crippen LogP contribution in [0.4, 0.5) is 11.6 Å². The van der Waals surface area contributed by atoms with Crippen LogP contribution in [-0.2, 0) is 0 Å². The predicted octanol–water partition coefficient (Wildman–Crippen LogP) is 2.10. The third-order valence-corrected chi connectivity index (χ3v) is 5.01. The Hall–Kier alpha value is -2.22. The van der Waals surface area contributed by atoms with Crippen LogP contribution in [0.2, 0.25) is 0 Å². The molecule has 2 aromatic heterocycles. The second-order valence-corrected chi connectivity index (χ2v) is 6.90. The summed E-state index contributed by atoms with van der Waals surface area (Å²) in [4.78, 5) is 15.5. The summed E-state index contributed by atoms with van der Waals surface area (Å²) in [6.07, 6.45) is 6.31. The lowest BCUT2D eigenvalue weighted by atomic mass is 10.2. The minimum atomic E-state index is 0.0562. The quantitative estimate of drug-likeness (QED) is 0.790. The number of rotatable bonds is 7. The molecule has 2 N–H and O–H groups in total.